The summed E-state index contributed by atoms with van der Waals surface area (Å²) in [6.07, 6.45) is 4.17. The maximum atomic E-state index is 12.2. The van der Waals surface area contributed by atoms with Gasteiger partial charge in [-0.1, -0.05) is 13.8 Å². The number of carbonyl (C=O) groups excluding carboxylic acids is 2. The molecule has 0 radical (unpaired) electrons. The molecule has 0 aromatic heterocycles. The van der Waals surface area contributed by atoms with Gasteiger partial charge in [0, 0.05) is 24.5 Å². The van der Waals surface area contributed by atoms with Crippen LogP contribution in [0, 0.1) is 5.41 Å². The molecular formula is C15H26N2O3. The Labute approximate surface area is 120 Å². The van der Waals surface area contributed by atoms with Crippen LogP contribution in [0.1, 0.15) is 52.9 Å². The Kier molecular flexibility index (Phi) is 4.68. The van der Waals surface area contributed by atoms with Crippen LogP contribution >= 0.6 is 0 Å². The third-order valence-electron chi connectivity index (χ3n) is 5.10. The topological polar surface area (TPSA) is 67.4 Å². The van der Waals surface area contributed by atoms with Crippen molar-refractivity contribution in [3.05, 3.63) is 0 Å². The van der Waals surface area contributed by atoms with E-state index in [-0.39, 0.29) is 35.4 Å². The predicted molar refractivity (Wildman–Crippen MR) is 76.1 cm³/mol. The van der Waals surface area contributed by atoms with Gasteiger partial charge in [0.1, 0.15) is 6.04 Å². The summed E-state index contributed by atoms with van der Waals surface area (Å²) in [5.74, 6) is -0.0646. The Morgan fingerprint density at radius 3 is 2.60 bits per heavy atom. The molecule has 2 N–H and O–H groups in total. The van der Waals surface area contributed by atoms with Gasteiger partial charge in [-0.15, -0.1) is 0 Å². The molecule has 1 aliphatic carbocycles. The molecule has 0 aromatic carbocycles. The summed E-state index contributed by atoms with van der Waals surface area (Å²) in [7, 11) is 0. The summed E-state index contributed by atoms with van der Waals surface area (Å²) in [4.78, 5) is 23.4. The average molecular weight is 282 g/mol. The van der Waals surface area contributed by atoms with Gasteiger partial charge in [-0.3, -0.25) is 9.59 Å². The summed E-state index contributed by atoms with van der Waals surface area (Å²) in [6, 6.07) is -0.181. The highest BCUT2D eigenvalue weighted by Crippen LogP contribution is 2.48. The van der Waals surface area contributed by atoms with Gasteiger partial charge >= 0.3 is 0 Å². The minimum atomic E-state index is -0.347. The first-order valence-electron chi connectivity index (χ1n) is 7.78. The number of carbonyl (C=O) groups is 2. The SMILES string of the molecule is CCO[C@@H]1C[C@@H](NC(=O)[C@H]2CCC(=O)N2)C1(CC)CC. The van der Waals surface area contributed by atoms with Crippen LogP contribution in [0.25, 0.3) is 0 Å². The van der Waals surface area contributed by atoms with Gasteiger partial charge in [0.2, 0.25) is 11.8 Å². The van der Waals surface area contributed by atoms with Crippen molar-refractivity contribution < 1.29 is 14.3 Å². The van der Waals surface area contributed by atoms with E-state index in [1.807, 2.05) is 6.92 Å². The van der Waals surface area contributed by atoms with Crippen molar-refractivity contribution >= 4 is 11.8 Å². The Morgan fingerprint density at radius 2 is 2.10 bits per heavy atom. The smallest absolute Gasteiger partial charge is 0.242 e. The van der Waals surface area contributed by atoms with Crippen molar-refractivity contribution in [2.24, 2.45) is 5.41 Å². The van der Waals surface area contributed by atoms with E-state index in [4.69, 9.17) is 4.74 Å². The van der Waals surface area contributed by atoms with E-state index in [1.54, 1.807) is 0 Å². The van der Waals surface area contributed by atoms with E-state index in [9.17, 15) is 9.59 Å². The minimum Gasteiger partial charge on any atom is -0.378 e. The number of hydrogen-bond acceptors (Lipinski definition) is 3. The summed E-state index contributed by atoms with van der Waals surface area (Å²) in [5.41, 5.74) is 0.0499. The highest BCUT2D eigenvalue weighted by Gasteiger charge is 2.54. The van der Waals surface area contributed by atoms with Crippen molar-refractivity contribution in [1.29, 1.82) is 0 Å². The molecule has 0 unspecified atom stereocenters. The third kappa shape index (κ3) is 2.55. The zero-order valence-electron chi connectivity index (χ0n) is 12.7. The van der Waals surface area contributed by atoms with E-state index in [1.165, 1.54) is 0 Å². The van der Waals surface area contributed by atoms with Crippen LogP contribution in [0.3, 0.4) is 0 Å². The highest BCUT2D eigenvalue weighted by atomic mass is 16.5. The van der Waals surface area contributed by atoms with Gasteiger partial charge in [0.15, 0.2) is 0 Å². The highest BCUT2D eigenvalue weighted by molar-refractivity contribution is 5.91. The van der Waals surface area contributed by atoms with E-state index >= 15 is 0 Å². The molecule has 1 saturated carbocycles. The lowest BCUT2D eigenvalue weighted by molar-refractivity contribution is -0.149. The maximum Gasteiger partial charge on any atom is 0.242 e. The lowest BCUT2D eigenvalue weighted by Crippen LogP contribution is -2.65. The van der Waals surface area contributed by atoms with Crippen LogP contribution < -0.4 is 10.6 Å². The Morgan fingerprint density at radius 1 is 1.40 bits per heavy atom. The van der Waals surface area contributed by atoms with Crippen LogP contribution in [0.2, 0.25) is 0 Å². The minimum absolute atomic E-state index is 0.0248. The molecule has 20 heavy (non-hydrogen) atoms. The first-order valence-corrected chi connectivity index (χ1v) is 7.78. The molecule has 0 aromatic rings. The van der Waals surface area contributed by atoms with Gasteiger partial charge in [-0.2, -0.15) is 0 Å². The second-order valence-corrected chi connectivity index (χ2v) is 5.84. The molecule has 5 nitrogen and oxygen atoms in total. The molecule has 2 rings (SSSR count). The van der Waals surface area contributed by atoms with Gasteiger partial charge in [-0.25, -0.2) is 0 Å². The van der Waals surface area contributed by atoms with Crippen molar-refractivity contribution in [3.63, 3.8) is 0 Å². The van der Waals surface area contributed by atoms with Crippen LogP contribution in [0.15, 0.2) is 0 Å². The maximum absolute atomic E-state index is 12.2. The number of hydrogen-bond donors (Lipinski definition) is 2. The van der Waals surface area contributed by atoms with Crippen LogP contribution in [0.4, 0.5) is 0 Å². The average Bonchev–Trinajstić information content (AvgIpc) is 2.86. The Balaban J connectivity index is 1.95. The fraction of sp³-hybridized carbons (Fsp3) is 0.867. The standard InChI is InChI=1S/C15H26N2O3/c1-4-15(5-2)11(9-12(15)20-6-3)17-14(19)10-7-8-13(18)16-10/h10-12H,4-9H2,1-3H3,(H,16,18)(H,17,19)/t10-,11-,12-/m1/s1. The molecule has 1 aliphatic heterocycles. The molecule has 0 bridgehead atoms. The third-order valence-corrected chi connectivity index (χ3v) is 5.10. The lowest BCUT2D eigenvalue weighted by Gasteiger charge is -2.55. The summed E-state index contributed by atoms with van der Waals surface area (Å²) >= 11 is 0. The van der Waals surface area contributed by atoms with Crippen LogP contribution in [-0.4, -0.2) is 36.6 Å². The van der Waals surface area contributed by atoms with E-state index in [2.05, 4.69) is 24.5 Å². The van der Waals surface area contributed by atoms with E-state index < -0.39 is 0 Å². The van der Waals surface area contributed by atoms with Gasteiger partial charge < -0.3 is 15.4 Å². The van der Waals surface area contributed by atoms with E-state index in [0.717, 1.165) is 19.3 Å². The van der Waals surface area contributed by atoms with Crippen LogP contribution in [0.5, 0.6) is 0 Å². The number of amides is 2. The molecular weight excluding hydrogens is 256 g/mol. The normalized spacial score (nSPS) is 31.6. The molecule has 114 valence electrons. The second-order valence-electron chi connectivity index (χ2n) is 5.84. The number of nitrogens with one attached hydrogen (secondary N) is 2. The predicted octanol–water partition coefficient (Wildman–Crippen LogP) is 1.36. The van der Waals surface area contributed by atoms with Gasteiger partial charge in [-0.05, 0) is 32.6 Å². The first kappa shape index (κ1) is 15.3. The molecule has 2 fully saturated rings. The number of rotatable bonds is 6. The van der Waals surface area contributed by atoms with Crippen LogP contribution in [-0.2, 0) is 14.3 Å². The molecule has 2 aliphatic rings. The van der Waals surface area contributed by atoms with E-state index in [0.29, 0.717) is 19.4 Å². The van der Waals surface area contributed by atoms with Gasteiger partial charge in [0.25, 0.3) is 0 Å². The summed E-state index contributed by atoms with van der Waals surface area (Å²) < 4.78 is 5.81. The second kappa shape index (κ2) is 6.12. The van der Waals surface area contributed by atoms with Crippen molar-refractivity contribution in [3.8, 4) is 0 Å². The van der Waals surface area contributed by atoms with Crippen molar-refractivity contribution in [2.45, 2.75) is 71.1 Å². The monoisotopic (exact) mass is 282 g/mol. The zero-order chi connectivity index (χ0) is 14.8. The number of ether oxygens (including phenoxy) is 1. The van der Waals surface area contributed by atoms with Crippen molar-refractivity contribution in [2.75, 3.05) is 6.61 Å². The molecule has 1 saturated heterocycles. The molecule has 3 atom stereocenters. The van der Waals surface area contributed by atoms with Gasteiger partial charge in [0.05, 0.1) is 6.10 Å². The largest absolute Gasteiger partial charge is 0.378 e. The fourth-order valence-electron chi connectivity index (χ4n) is 3.67. The molecule has 0 spiro atoms. The van der Waals surface area contributed by atoms with Crippen molar-refractivity contribution in [1.82, 2.24) is 10.6 Å². The Hall–Kier alpha value is -1.10. The lowest BCUT2D eigenvalue weighted by atomic mass is 9.58. The molecule has 2 amide bonds. The molecule has 1 heterocycles. The fourth-order valence-corrected chi connectivity index (χ4v) is 3.67. The first-order chi connectivity index (χ1) is 9.57. The summed E-state index contributed by atoms with van der Waals surface area (Å²) in [5, 5.41) is 5.85. The quantitative estimate of drug-likeness (QED) is 0.773. The Bertz CT molecular complexity index is 379. The zero-order valence-corrected chi connectivity index (χ0v) is 12.7. The molecule has 5 heteroatoms. The summed E-state index contributed by atoms with van der Waals surface area (Å²) in [6.45, 7) is 7.04.